The fourth-order valence-electron chi connectivity index (χ4n) is 3.02. The Kier molecular flexibility index (Phi) is 6.95. The minimum atomic E-state index is -0.909. The molecule has 2 aromatic heterocycles. The maximum atomic E-state index is 12.6. The molecular formula is C23H25N3O3S. The summed E-state index contributed by atoms with van der Waals surface area (Å²) in [6, 6.07) is 9.66. The summed E-state index contributed by atoms with van der Waals surface area (Å²) in [4.78, 5) is 33.5. The van der Waals surface area contributed by atoms with E-state index in [1.54, 1.807) is 19.3 Å². The van der Waals surface area contributed by atoms with Crippen molar-refractivity contribution in [2.24, 2.45) is 0 Å². The number of anilines is 1. The van der Waals surface area contributed by atoms with Crippen molar-refractivity contribution in [3.8, 4) is 10.6 Å². The number of nitrogens with zero attached hydrogens (tertiary/aromatic N) is 2. The molecule has 0 unspecified atom stereocenters. The predicted octanol–water partition coefficient (Wildman–Crippen LogP) is 4.75. The largest absolute Gasteiger partial charge is 0.452 e. The van der Waals surface area contributed by atoms with Gasteiger partial charge in [0.2, 0.25) is 0 Å². The Morgan fingerprint density at radius 2 is 1.97 bits per heavy atom. The topological polar surface area (TPSA) is 81.2 Å². The molecule has 0 aliphatic carbocycles. The van der Waals surface area contributed by atoms with Gasteiger partial charge in [-0.05, 0) is 43.0 Å². The van der Waals surface area contributed by atoms with Gasteiger partial charge in [0.15, 0.2) is 6.10 Å². The van der Waals surface area contributed by atoms with Crippen molar-refractivity contribution in [1.29, 1.82) is 0 Å². The van der Waals surface area contributed by atoms with Crippen LogP contribution < -0.4 is 5.32 Å². The van der Waals surface area contributed by atoms with Crippen LogP contribution in [0.5, 0.6) is 0 Å². The first-order valence-electron chi connectivity index (χ1n) is 9.79. The molecule has 0 spiro atoms. The van der Waals surface area contributed by atoms with E-state index in [9.17, 15) is 9.59 Å². The first-order chi connectivity index (χ1) is 14.3. The Morgan fingerprint density at radius 1 is 1.17 bits per heavy atom. The van der Waals surface area contributed by atoms with E-state index in [-0.39, 0.29) is 18.2 Å². The molecule has 156 valence electrons. The van der Waals surface area contributed by atoms with Gasteiger partial charge < -0.3 is 10.1 Å². The summed E-state index contributed by atoms with van der Waals surface area (Å²) in [7, 11) is 0. The van der Waals surface area contributed by atoms with Gasteiger partial charge in [0.05, 0.1) is 12.1 Å². The highest BCUT2D eigenvalue weighted by Crippen LogP contribution is 2.27. The van der Waals surface area contributed by atoms with Gasteiger partial charge in [-0.2, -0.15) is 0 Å². The predicted molar refractivity (Wildman–Crippen MR) is 119 cm³/mol. The summed E-state index contributed by atoms with van der Waals surface area (Å²) in [5.74, 6) is -0.583. The van der Waals surface area contributed by atoms with Crippen LogP contribution in [0.3, 0.4) is 0 Å². The lowest BCUT2D eigenvalue weighted by Crippen LogP contribution is -2.31. The second kappa shape index (κ2) is 9.63. The lowest BCUT2D eigenvalue weighted by molar-refractivity contribution is -0.152. The van der Waals surface area contributed by atoms with E-state index < -0.39 is 12.1 Å². The Morgan fingerprint density at radius 3 is 2.67 bits per heavy atom. The quantitative estimate of drug-likeness (QED) is 0.555. The molecular weight excluding hydrogens is 398 g/mol. The van der Waals surface area contributed by atoms with E-state index >= 15 is 0 Å². The third kappa shape index (κ3) is 5.30. The molecule has 0 saturated heterocycles. The second-order valence-corrected chi connectivity index (χ2v) is 8.24. The van der Waals surface area contributed by atoms with Crippen LogP contribution in [0.1, 0.15) is 43.5 Å². The highest BCUT2D eigenvalue weighted by Gasteiger charge is 2.21. The number of carbonyl (C=O) groups is 2. The fourth-order valence-corrected chi connectivity index (χ4v) is 3.83. The number of ether oxygens (including phenoxy) is 1. The summed E-state index contributed by atoms with van der Waals surface area (Å²) >= 11 is 1.44. The molecule has 6 nitrogen and oxygen atoms in total. The molecule has 1 amide bonds. The zero-order chi connectivity index (χ0) is 21.7. The lowest BCUT2D eigenvalue weighted by Gasteiger charge is -2.19. The summed E-state index contributed by atoms with van der Waals surface area (Å²) in [6.45, 7) is 7.66. The highest BCUT2D eigenvalue weighted by molar-refractivity contribution is 7.13. The molecule has 0 aliphatic rings. The molecule has 1 N–H and O–H groups in total. The molecule has 1 aromatic carbocycles. The summed E-state index contributed by atoms with van der Waals surface area (Å²) in [5.41, 5.74) is 4.30. The number of aryl methyl sites for hydroxylation is 1. The minimum absolute atomic E-state index is 0.00991. The van der Waals surface area contributed by atoms with Crippen LogP contribution in [0.4, 0.5) is 5.69 Å². The SMILES string of the molecule is Cc1cccc(C(C)C)c1NC(=O)[C@@H](C)OC(=O)Cc1csc(-c2cccnc2)n1. The van der Waals surface area contributed by atoms with Crippen molar-refractivity contribution in [3.63, 3.8) is 0 Å². The number of aromatic nitrogens is 2. The molecule has 0 radical (unpaired) electrons. The number of hydrogen-bond donors (Lipinski definition) is 1. The Hall–Kier alpha value is -3.06. The summed E-state index contributed by atoms with van der Waals surface area (Å²) < 4.78 is 5.34. The van der Waals surface area contributed by atoms with Crippen LogP contribution in [0.15, 0.2) is 48.1 Å². The average Bonchev–Trinajstić information content (AvgIpc) is 3.18. The monoisotopic (exact) mass is 423 g/mol. The number of esters is 1. The number of nitrogens with one attached hydrogen (secondary N) is 1. The molecule has 0 fully saturated rings. The van der Waals surface area contributed by atoms with Gasteiger partial charge in [0, 0.05) is 29.0 Å². The molecule has 3 aromatic rings. The van der Waals surface area contributed by atoms with Crippen molar-refractivity contribution in [2.45, 2.75) is 46.1 Å². The Bertz CT molecular complexity index is 1030. The first kappa shape index (κ1) is 21.6. The third-order valence-electron chi connectivity index (χ3n) is 4.64. The zero-order valence-corrected chi connectivity index (χ0v) is 18.3. The molecule has 2 heterocycles. The zero-order valence-electron chi connectivity index (χ0n) is 17.5. The first-order valence-corrected chi connectivity index (χ1v) is 10.7. The van der Waals surface area contributed by atoms with Gasteiger partial charge >= 0.3 is 5.97 Å². The highest BCUT2D eigenvalue weighted by atomic mass is 32.1. The normalized spacial score (nSPS) is 11.9. The lowest BCUT2D eigenvalue weighted by atomic mass is 9.98. The maximum Gasteiger partial charge on any atom is 0.312 e. The van der Waals surface area contributed by atoms with Crippen LogP contribution in [0.2, 0.25) is 0 Å². The molecule has 30 heavy (non-hydrogen) atoms. The molecule has 0 bridgehead atoms. The van der Waals surface area contributed by atoms with Gasteiger partial charge in [-0.3, -0.25) is 14.6 Å². The number of hydrogen-bond acceptors (Lipinski definition) is 6. The average molecular weight is 424 g/mol. The number of thiazole rings is 1. The van der Waals surface area contributed by atoms with Crippen molar-refractivity contribution in [2.75, 3.05) is 5.32 Å². The van der Waals surface area contributed by atoms with Crippen molar-refractivity contribution in [3.05, 3.63) is 64.9 Å². The number of para-hydroxylation sites is 1. The van der Waals surface area contributed by atoms with Gasteiger partial charge in [0.1, 0.15) is 5.01 Å². The van der Waals surface area contributed by atoms with Crippen LogP contribution in [0, 0.1) is 6.92 Å². The van der Waals surface area contributed by atoms with Gasteiger partial charge in [-0.25, -0.2) is 4.98 Å². The molecule has 7 heteroatoms. The standard InChI is InChI=1S/C23H25N3O3S/c1-14(2)19-9-5-7-15(3)21(19)26-22(28)16(4)29-20(27)11-18-13-30-23(25-18)17-8-6-10-24-12-17/h5-10,12-14,16H,11H2,1-4H3,(H,26,28)/t16-/m1/s1. The van der Waals surface area contributed by atoms with Crippen LogP contribution in [-0.4, -0.2) is 27.9 Å². The number of amides is 1. The van der Waals surface area contributed by atoms with E-state index in [1.165, 1.54) is 11.3 Å². The number of benzene rings is 1. The van der Waals surface area contributed by atoms with E-state index in [2.05, 4.69) is 29.1 Å². The second-order valence-electron chi connectivity index (χ2n) is 7.38. The van der Waals surface area contributed by atoms with E-state index in [1.807, 2.05) is 42.6 Å². The van der Waals surface area contributed by atoms with Crippen molar-refractivity contribution in [1.82, 2.24) is 9.97 Å². The van der Waals surface area contributed by atoms with Gasteiger partial charge in [-0.15, -0.1) is 11.3 Å². The minimum Gasteiger partial charge on any atom is -0.452 e. The molecule has 1 atom stereocenters. The third-order valence-corrected chi connectivity index (χ3v) is 5.58. The Balaban J connectivity index is 1.60. The number of pyridine rings is 1. The van der Waals surface area contributed by atoms with Gasteiger partial charge in [-0.1, -0.05) is 32.0 Å². The van der Waals surface area contributed by atoms with Crippen molar-refractivity contribution < 1.29 is 14.3 Å². The number of carbonyl (C=O) groups excluding carboxylic acids is 2. The van der Waals surface area contributed by atoms with E-state index in [0.29, 0.717) is 5.69 Å². The molecule has 0 aliphatic heterocycles. The van der Waals surface area contributed by atoms with Crippen LogP contribution in [-0.2, 0) is 20.7 Å². The van der Waals surface area contributed by atoms with E-state index in [4.69, 9.17) is 4.74 Å². The molecule has 0 saturated carbocycles. The molecule has 3 rings (SSSR count). The fraction of sp³-hybridized carbons (Fsp3) is 0.304. The number of rotatable bonds is 7. The Labute approximate surface area is 180 Å². The van der Waals surface area contributed by atoms with Gasteiger partial charge in [0.25, 0.3) is 5.91 Å². The van der Waals surface area contributed by atoms with Crippen LogP contribution >= 0.6 is 11.3 Å². The maximum absolute atomic E-state index is 12.6. The van der Waals surface area contributed by atoms with E-state index in [0.717, 1.165) is 27.4 Å². The summed E-state index contributed by atoms with van der Waals surface area (Å²) in [5, 5.41) is 5.52. The summed E-state index contributed by atoms with van der Waals surface area (Å²) in [6.07, 6.45) is 2.52. The smallest absolute Gasteiger partial charge is 0.312 e. The van der Waals surface area contributed by atoms with Crippen molar-refractivity contribution >= 4 is 28.9 Å². The van der Waals surface area contributed by atoms with Crippen LogP contribution in [0.25, 0.3) is 10.6 Å².